The number of aryl methyl sites for hydroxylation is 1. The van der Waals surface area contributed by atoms with Gasteiger partial charge in [0.25, 0.3) is 5.56 Å². The largest absolute Gasteiger partial charge is 0.329 e. The van der Waals surface area contributed by atoms with Crippen LogP contribution in [0.15, 0.2) is 33.9 Å². The lowest BCUT2D eigenvalue weighted by Crippen LogP contribution is -2.32. The lowest BCUT2D eigenvalue weighted by molar-refractivity contribution is 0.644. The van der Waals surface area contributed by atoms with Crippen LogP contribution in [0.2, 0.25) is 5.02 Å². The Morgan fingerprint density at radius 2 is 1.91 bits per heavy atom. The first kappa shape index (κ1) is 15.6. The second-order valence-corrected chi connectivity index (χ2v) is 5.88. The van der Waals surface area contributed by atoms with Gasteiger partial charge in [-0.1, -0.05) is 24.9 Å². The Labute approximate surface area is 137 Å². The normalized spacial score (nSPS) is 11.3. The predicted molar refractivity (Wildman–Crippen MR) is 90.9 cm³/mol. The Morgan fingerprint density at radius 3 is 2.57 bits per heavy atom. The van der Waals surface area contributed by atoms with Crippen molar-refractivity contribution in [3.05, 3.63) is 50.1 Å². The van der Waals surface area contributed by atoms with Crippen molar-refractivity contribution in [3.8, 4) is 11.4 Å². The summed E-state index contributed by atoms with van der Waals surface area (Å²) in [6, 6.07) is 7.27. The number of rotatable bonds is 4. The molecule has 0 aliphatic heterocycles. The fourth-order valence-electron chi connectivity index (χ4n) is 2.52. The van der Waals surface area contributed by atoms with E-state index in [0.717, 1.165) is 23.0 Å². The monoisotopic (exact) mass is 332 g/mol. The quantitative estimate of drug-likeness (QED) is 0.798. The Hall–Kier alpha value is -2.34. The van der Waals surface area contributed by atoms with Crippen LogP contribution in [0.3, 0.4) is 0 Å². The zero-order chi connectivity index (χ0) is 16.6. The molecule has 0 radical (unpaired) electrons. The van der Waals surface area contributed by atoms with Crippen LogP contribution in [0.4, 0.5) is 0 Å². The summed E-state index contributed by atoms with van der Waals surface area (Å²) in [6.07, 6.45) is 1.91. The minimum absolute atomic E-state index is 0.271. The van der Waals surface area contributed by atoms with Gasteiger partial charge in [0.05, 0.1) is 0 Å². The molecule has 23 heavy (non-hydrogen) atoms. The van der Waals surface area contributed by atoms with Crippen molar-refractivity contribution in [2.75, 3.05) is 0 Å². The highest BCUT2D eigenvalue weighted by Crippen LogP contribution is 2.24. The molecule has 2 heterocycles. The number of nitrogens with one attached hydrogen (secondary N) is 1. The first-order valence-corrected chi connectivity index (χ1v) is 7.86. The molecule has 0 fully saturated rings. The summed E-state index contributed by atoms with van der Waals surface area (Å²) >= 11 is 5.94. The van der Waals surface area contributed by atoms with Crippen molar-refractivity contribution in [1.82, 2.24) is 19.1 Å². The second kappa shape index (κ2) is 6.04. The number of fused-ring (bicyclic) bond motifs is 1. The van der Waals surface area contributed by atoms with E-state index in [1.165, 1.54) is 7.05 Å². The van der Waals surface area contributed by atoms with Crippen LogP contribution in [0.25, 0.3) is 22.6 Å². The molecular formula is C16H17ClN4O2. The highest BCUT2D eigenvalue weighted by atomic mass is 35.5. The lowest BCUT2D eigenvalue weighted by atomic mass is 10.2. The summed E-state index contributed by atoms with van der Waals surface area (Å²) in [4.78, 5) is 31.5. The smallest absolute Gasteiger partial charge is 0.310 e. The summed E-state index contributed by atoms with van der Waals surface area (Å²) < 4.78 is 2.93. The van der Waals surface area contributed by atoms with Crippen molar-refractivity contribution < 1.29 is 0 Å². The number of hydrogen-bond donors (Lipinski definition) is 1. The summed E-state index contributed by atoms with van der Waals surface area (Å²) in [5.41, 5.74) is 0.756. The van der Waals surface area contributed by atoms with Crippen LogP contribution in [0.5, 0.6) is 0 Å². The molecule has 0 bridgehead atoms. The molecule has 0 unspecified atom stereocenters. The van der Waals surface area contributed by atoms with Crippen LogP contribution >= 0.6 is 11.6 Å². The predicted octanol–water partition coefficient (Wildman–Crippen LogP) is 2.54. The third-order valence-electron chi connectivity index (χ3n) is 3.84. The van der Waals surface area contributed by atoms with Gasteiger partial charge in [-0.3, -0.25) is 14.3 Å². The number of nitrogens with zero attached hydrogens (tertiary/aromatic N) is 3. The third kappa shape index (κ3) is 2.70. The topological polar surface area (TPSA) is 72.7 Å². The van der Waals surface area contributed by atoms with Gasteiger partial charge in [-0.05, 0) is 30.7 Å². The van der Waals surface area contributed by atoms with Crippen molar-refractivity contribution in [2.45, 2.75) is 26.3 Å². The summed E-state index contributed by atoms with van der Waals surface area (Å²) in [7, 11) is 1.44. The number of H-pyrrole nitrogens is 1. The van der Waals surface area contributed by atoms with Crippen molar-refractivity contribution in [2.24, 2.45) is 7.05 Å². The molecule has 2 aromatic heterocycles. The van der Waals surface area contributed by atoms with Gasteiger partial charge in [-0.25, -0.2) is 9.78 Å². The van der Waals surface area contributed by atoms with Crippen LogP contribution in [-0.4, -0.2) is 19.1 Å². The van der Waals surface area contributed by atoms with Gasteiger partial charge in [-0.2, -0.15) is 0 Å². The van der Waals surface area contributed by atoms with E-state index < -0.39 is 11.2 Å². The van der Waals surface area contributed by atoms with Gasteiger partial charge in [0.15, 0.2) is 5.52 Å². The van der Waals surface area contributed by atoms with E-state index in [-0.39, 0.29) is 5.52 Å². The van der Waals surface area contributed by atoms with E-state index in [2.05, 4.69) is 16.9 Å². The number of benzene rings is 1. The van der Waals surface area contributed by atoms with Gasteiger partial charge in [-0.15, -0.1) is 0 Å². The average Bonchev–Trinajstić information content (AvgIpc) is 2.90. The standard InChI is InChI=1S/C16H17ClN4O2/c1-3-4-9-21-13(10-5-7-11(17)8-6-10)18-12-14(21)19-16(23)20(2)15(12)22/h5-8H,3-4,9H2,1-2H3,(H,19,23). The van der Waals surface area contributed by atoms with Gasteiger partial charge < -0.3 is 4.57 Å². The first-order valence-electron chi connectivity index (χ1n) is 7.48. The van der Waals surface area contributed by atoms with Crippen LogP contribution in [0.1, 0.15) is 19.8 Å². The van der Waals surface area contributed by atoms with Crippen LogP contribution in [0, 0.1) is 0 Å². The highest BCUT2D eigenvalue weighted by Gasteiger charge is 2.17. The van der Waals surface area contributed by atoms with E-state index in [4.69, 9.17) is 11.6 Å². The fourth-order valence-corrected chi connectivity index (χ4v) is 2.64. The minimum Gasteiger partial charge on any atom is -0.310 e. The molecule has 0 spiro atoms. The molecule has 0 aliphatic rings. The summed E-state index contributed by atoms with van der Waals surface area (Å²) in [5, 5.41) is 0.634. The molecular weight excluding hydrogens is 316 g/mol. The molecule has 7 heteroatoms. The molecule has 0 amide bonds. The number of unbranched alkanes of at least 4 members (excludes halogenated alkanes) is 1. The van der Waals surface area contributed by atoms with Crippen LogP contribution in [-0.2, 0) is 13.6 Å². The molecule has 0 saturated carbocycles. The van der Waals surface area contributed by atoms with Gasteiger partial charge in [0, 0.05) is 24.2 Å². The van der Waals surface area contributed by atoms with Crippen molar-refractivity contribution in [3.63, 3.8) is 0 Å². The van der Waals surface area contributed by atoms with E-state index in [1.807, 2.05) is 16.7 Å². The van der Waals surface area contributed by atoms with Crippen LogP contribution < -0.4 is 11.2 Å². The SMILES string of the molecule is CCCCn1c(-c2ccc(Cl)cc2)nc2c(=O)n(C)c(=O)[nH]c21. The van der Waals surface area contributed by atoms with Crippen molar-refractivity contribution in [1.29, 1.82) is 0 Å². The van der Waals surface area contributed by atoms with Gasteiger partial charge in [0.1, 0.15) is 11.5 Å². The Kier molecular flexibility index (Phi) is 4.09. The molecule has 0 aliphatic carbocycles. The Balaban J connectivity index is 2.31. The maximum atomic E-state index is 12.3. The van der Waals surface area contributed by atoms with E-state index in [0.29, 0.717) is 23.0 Å². The minimum atomic E-state index is -0.442. The Morgan fingerprint density at radius 1 is 1.22 bits per heavy atom. The number of aromatic nitrogens is 4. The lowest BCUT2D eigenvalue weighted by Gasteiger charge is -2.08. The first-order chi connectivity index (χ1) is 11.0. The van der Waals surface area contributed by atoms with E-state index >= 15 is 0 Å². The highest BCUT2D eigenvalue weighted by molar-refractivity contribution is 6.30. The maximum Gasteiger partial charge on any atom is 0.329 e. The molecule has 120 valence electrons. The molecule has 3 aromatic rings. The molecule has 1 N–H and O–H groups in total. The Bertz CT molecular complexity index is 967. The van der Waals surface area contributed by atoms with E-state index in [1.54, 1.807) is 12.1 Å². The zero-order valence-corrected chi connectivity index (χ0v) is 13.7. The second-order valence-electron chi connectivity index (χ2n) is 5.44. The van der Waals surface area contributed by atoms with Crippen molar-refractivity contribution >= 4 is 22.8 Å². The number of halogens is 1. The molecule has 0 saturated heterocycles. The van der Waals surface area contributed by atoms with Gasteiger partial charge >= 0.3 is 5.69 Å². The summed E-state index contributed by atoms with van der Waals surface area (Å²) in [5.74, 6) is 0.657. The molecule has 3 rings (SSSR count). The molecule has 6 nitrogen and oxygen atoms in total. The molecule has 0 atom stereocenters. The number of aromatic amines is 1. The average molecular weight is 333 g/mol. The molecule has 1 aromatic carbocycles. The number of imidazole rings is 1. The maximum absolute atomic E-state index is 12.3. The zero-order valence-electron chi connectivity index (χ0n) is 13.0. The number of hydrogen-bond acceptors (Lipinski definition) is 3. The van der Waals surface area contributed by atoms with E-state index in [9.17, 15) is 9.59 Å². The van der Waals surface area contributed by atoms with Gasteiger partial charge in [0.2, 0.25) is 0 Å². The summed E-state index contributed by atoms with van der Waals surface area (Å²) in [6.45, 7) is 2.76. The third-order valence-corrected chi connectivity index (χ3v) is 4.09. The fraction of sp³-hybridized carbons (Fsp3) is 0.312.